The number of aliphatic hydroxyl groups excluding tert-OH is 1. The predicted octanol–water partition coefficient (Wildman–Crippen LogP) is 0.140. The van der Waals surface area contributed by atoms with Crippen LogP contribution in [0.1, 0.15) is 12.5 Å². The Kier molecular flexibility index (Phi) is 7.33. The van der Waals surface area contributed by atoms with Gasteiger partial charge in [0.2, 0.25) is 10.0 Å². The average Bonchev–Trinajstić information content (AvgIpc) is 2.25. The van der Waals surface area contributed by atoms with E-state index in [0.29, 0.717) is 6.54 Å². The molecule has 0 amide bonds. The molecule has 0 fully saturated rings. The zero-order valence-corrected chi connectivity index (χ0v) is 11.5. The zero-order chi connectivity index (χ0) is 14.2. The highest BCUT2D eigenvalue weighted by atomic mass is 32.2. The van der Waals surface area contributed by atoms with Gasteiger partial charge in [-0.25, -0.2) is 13.6 Å². The largest absolute Gasteiger partial charge is 0.399 e. The lowest BCUT2D eigenvalue weighted by molar-refractivity contribution is 0.311. The molecule has 104 valence electrons. The SMILES string of the molecule is CCc1cc(N)ccc1NCCO.CS(N)(=O)=O. The molecule has 0 saturated heterocycles. The number of sulfonamides is 1. The summed E-state index contributed by atoms with van der Waals surface area (Å²) >= 11 is 0. The fourth-order valence-corrected chi connectivity index (χ4v) is 1.27. The quantitative estimate of drug-likeness (QED) is 0.583. The van der Waals surface area contributed by atoms with Crippen LogP contribution in [0.15, 0.2) is 18.2 Å². The molecule has 7 heteroatoms. The first-order valence-electron chi connectivity index (χ1n) is 5.48. The maximum absolute atomic E-state index is 9.41. The van der Waals surface area contributed by atoms with Crippen LogP contribution in [0.2, 0.25) is 0 Å². The first-order chi connectivity index (χ1) is 8.27. The van der Waals surface area contributed by atoms with Gasteiger partial charge in [0, 0.05) is 17.9 Å². The van der Waals surface area contributed by atoms with Crippen LogP contribution in [0, 0.1) is 0 Å². The molecule has 0 bridgehead atoms. The minimum atomic E-state index is -3.17. The average molecular weight is 275 g/mol. The number of primary sulfonamides is 1. The van der Waals surface area contributed by atoms with Crippen LogP contribution in [0.4, 0.5) is 11.4 Å². The van der Waals surface area contributed by atoms with E-state index in [0.717, 1.165) is 24.1 Å². The lowest BCUT2D eigenvalue weighted by atomic mass is 10.1. The maximum Gasteiger partial charge on any atom is 0.206 e. The van der Waals surface area contributed by atoms with Crippen LogP contribution >= 0.6 is 0 Å². The Morgan fingerprint density at radius 1 is 1.39 bits per heavy atom. The standard InChI is InChI=1S/C10H16N2O.CH5NO2S/c1-2-8-7-9(11)3-4-10(8)12-5-6-13;1-5(2,3)4/h3-4,7,12-13H,2,5-6,11H2,1H3;1H3,(H2,2,3,4). The van der Waals surface area contributed by atoms with Crippen molar-refractivity contribution in [1.82, 2.24) is 0 Å². The number of anilines is 2. The highest BCUT2D eigenvalue weighted by Crippen LogP contribution is 2.18. The van der Waals surface area contributed by atoms with Crippen molar-refractivity contribution < 1.29 is 13.5 Å². The smallest absolute Gasteiger partial charge is 0.206 e. The van der Waals surface area contributed by atoms with Crippen molar-refractivity contribution in [3.05, 3.63) is 23.8 Å². The number of nitrogens with one attached hydrogen (secondary N) is 1. The fourth-order valence-electron chi connectivity index (χ4n) is 1.27. The maximum atomic E-state index is 9.41. The summed E-state index contributed by atoms with van der Waals surface area (Å²) in [6.07, 6.45) is 1.88. The zero-order valence-electron chi connectivity index (χ0n) is 10.7. The number of hydrogen-bond donors (Lipinski definition) is 4. The number of aliphatic hydroxyl groups is 1. The van der Waals surface area contributed by atoms with Gasteiger partial charge in [-0.3, -0.25) is 0 Å². The van der Waals surface area contributed by atoms with E-state index in [2.05, 4.69) is 17.4 Å². The summed E-state index contributed by atoms with van der Waals surface area (Å²) in [4.78, 5) is 0. The second kappa shape index (κ2) is 7.91. The van der Waals surface area contributed by atoms with Gasteiger partial charge in [-0.1, -0.05) is 6.92 Å². The van der Waals surface area contributed by atoms with Gasteiger partial charge >= 0.3 is 0 Å². The molecule has 0 aliphatic rings. The van der Waals surface area contributed by atoms with Crippen molar-refractivity contribution >= 4 is 21.4 Å². The summed E-state index contributed by atoms with van der Waals surface area (Å²) in [5.41, 5.74) is 8.69. The molecule has 18 heavy (non-hydrogen) atoms. The Labute approximate surface area is 108 Å². The molecule has 0 spiro atoms. The Balaban J connectivity index is 0.000000494. The van der Waals surface area contributed by atoms with E-state index in [1.54, 1.807) is 0 Å². The third-order valence-corrected chi connectivity index (χ3v) is 1.94. The molecule has 6 nitrogen and oxygen atoms in total. The van der Waals surface area contributed by atoms with E-state index in [1.165, 1.54) is 5.56 Å². The number of benzene rings is 1. The lowest BCUT2D eigenvalue weighted by Crippen LogP contribution is -2.07. The van der Waals surface area contributed by atoms with Crippen molar-refractivity contribution in [2.75, 3.05) is 30.5 Å². The molecule has 0 atom stereocenters. The molecule has 6 N–H and O–H groups in total. The summed E-state index contributed by atoms with van der Waals surface area (Å²) in [5, 5.41) is 16.1. The van der Waals surface area contributed by atoms with E-state index in [1.807, 2.05) is 18.2 Å². The topological polar surface area (TPSA) is 118 Å². The Morgan fingerprint density at radius 2 is 1.94 bits per heavy atom. The van der Waals surface area contributed by atoms with Gasteiger partial charge in [-0.15, -0.1) is 0 Å². The van der Waals surface area contributed by atoms with Crippen LogP contribution in [-0.2, 0) is 16.4 Å². The Bertz CT molecular complexity index is 453. The summed E-state index contributed by atoms with van der Waals surface area (Å²) in [6.45, 7) is 2.81. The molecule has 1 rings (SSSR count). The second-order valence-electron chi connectivity index (χ2n) is 3.75. The van der Waals surface area contributed by atoms with E-state index >= 15 is 0 Å². The van der Waals surface area contributed by atoms with Crippen LogP contribution in [0.5, 0.6) is 0 Å². The molecule has 0 radical (unpaired) electrons. The van der Waals surface area contributed by atoms with Crippen LogP contribution in [0.25, 0.3) is 0 Å². The van der Waals surface area contributed by atoms with Crippen molar-refractivity contribution in [2.45, 2.75) is 13.3 Å². The molecular formula is C11H21N3O3S. The summed E-state index contributed by atoms with van der Waals surface area (Å²) in [5.74, 6) is 0. The van der Waals surface area contributed by atoms with E-state index in [-0.39, 0.29) is 6.61 Å². The number of aryl methyl sites for hydroxylation is 1. The monoisotopic (exact) mass is 275 g/mol. The molecule has 0 unspecified atom stereocenters. The number of hydrogen-bond acceptors (Lipinski definition) is 5. The molecule has 0 heterocycles. The van der Waals surface area contributed by atoms with Crippen LogP contribution in [-0.4, -0.2) is 32.9 Å². The molecular weight excluding hydrogens is 254 g/mol. The highest BCUT2D eigenvalue weighted by Gasteiger charge is 1.99. The number of nitrogen functional groups attached to an aromatic ring is 1. The lowest BCUT2D eigenvalue weighted by Gasteiger charge is -2.10. The molecule has 1 aromatic carbocycles. The molecule has 0 aromatic heterocycles. The van der Waals surface area contributed by atoms with Gasteiger partial charge in [0.05, 0.1) is 12.9 Å². The third-order valence-electron chi connectivity index (χ3n) is 1.94. The van der Waals surface area contributed by atoms with Crippen molar-refractivity contribution in [3.63, 3.8) is 0 Å². The van der Waals surface area contributed by atoms with Gasteiger partial charge < -0.3 is 16.2 Å². The van der Waals surface area contributed by atoms with Crippen LogP contribution in [0.3, 0.4) is 0 Å². The molecule has 1 aromatic rings. The summed E-state index contributed by atoms with van der Waals surface area (Å²) in [7, 11) is -3.17. The first kappa shape index (κ1) is 16.7. The third kappa shape index (κ3) is 8.80. The number of nitrogens with two attached hydrogens (primary N) is 2. The van der Waals surface area contributed by atoms with Crippen molar-refractivity contribution in [1.29, 1.82) is 0 Å². The summed E-state index contributed by atoms with van der Waals surface area (Å²) < 4.78 is 18.8. The first-order valence-corrected chi connectivity index (χ1v) is 7.44. The van der Waals surface area contributed by atoms with Crippen LogP contribution < -0.4 is 16.2 Å². The molecule has 0 aliphatic carbocycles. The Morgan fingerprint density at radius 3 is 2.39 bits per heavy atom. The Hall–Kier alpha value is -1.31. The van der Waals surface area contributed by atoms with E-state index in [9.17, 15) is 8.42 Å². The highest BCUT2D eigenvalue weighted by molar-refractivity contribution is 7.88. The molecule has 0 aliphatic heterocycles. The van der Waals surface area contributed by atoms with Crippen molar-refractivity contribution in [3.8, 4) is 0 Å². The second-order valence-corrected chi connectivity index (χ2v) is 5.41. The minimum Gasteiger partial charge on any atom is -0.399 e. The molecule has 0 saturated carbocycles. The van der Waals surface area contributed by atoms with Gasteiger partial charge in [-0.05, 0) is 30.2 Å². The summed E-state index contributed by atoms with van der Waals surface area (Å²) in [6, 6.07) is 5.77. The number of rotatable bonds is 4. The van der Waals surface area contributed by atoms with Gasteiger partial charge in [0.25, 0.3) is 0 Å². The van der Waals surface area contributed by atoms with Crippen molar-refractivity contribution in [2.24, 2.45) is 5.14 Å². The van der Waals surface area contributed by atoms with Gasteiger partial charge in [0.1, 0.15) is 0 Å². The van der Waals surface area contributed by atoms with E-state index < -0.39 is 10.0 Å². The minimum absolute atomic E-state index is 0.146. The predicted molar refractivity (Wildman–Crippen MR) is 74.8 cm³/mol. The van der Waals surface area contributed by atoms with Gasteiger partial charge in [-0.2, -0.15) is 0 Å². The fraction of sp³-hybridized carbons (Fsp3) is 0.455. The normalized spacial score (nSPS) is 10.4. The van der Waals surface area contributed by atoms with Gasteiger partial charge in [0.15, 0.2) is 0 Å². The van der Waals surface area contributed by atoms with E-state index in [4.69, 9.17) is 10.8 Å².